The van der Waals surface area contributed by atoms with Crippen molar-refractivity contribution in [2.75, 3.05) is 11.1 Å². The van der Waals surface area contributed by atoms with Crippen molar-refractivity contribution in [3.8, 4) is 5.69 Å². The summed E-state index contributed by atoms with van der Waals surface area (Å²) < 4.78 is 3.42. The van der Waals surface area contributed by atoms with E-state index >= 15 is 0 Å². The Bertz CT molecular complexity index is 1370. The Labute approximate surface area is 199 Å². The van der Waals surface area contributed by atoms with Gasteiger partial charge in [-0.05, 0) is 57.2 Å². The van der Waals surface area contributed by atoms with Gasteiger partial charge in [-0.2, -0.15) is 5.10 Å². The van der Waals surface area contributed by atoms with Crippen LogP contribution in [0.2, 0.25) is 0 Å². The first-order valence-electron chi connectivity index (χ1n) is 11.1. The standard InChI is InChI=1S/C24H25N5O2S2/c1-15(2)29-19(12-13-25-29)26-20(30)14-32-24-27-22-21(17-10-6-7-11-18(17)33-22)23(31)28(24)16-8-4-3-5-9-16/h3-5,8-9,12-13,15H,6-7,10-11,14H2,1-2H3,(H,26,30). The first kappa shape index (κ1) is 21.9. The van der Waals surface area contributed by atoms with Gasteiger partial charge in [0.15, 0.2) is 5.16 Å². The molecule has 1 aromatic carbocycles. The second-order valence-corrected chi connectivity index (χ2v) is 10.4. The minimum Gasteiger partial charge on any atom is -0.310 e. The second-order valence-electron chi connectivity index (χ2n) is 8.35. The molecule has 0 aliphatic heterocycles. The lowest BCUT2D eigenvalue weighted by molar-refractivity contribution is -0.113. The summed E-state index contributed by atoms with van der Waals surface area (Å²) in [6.45, 7) is 4.02. The molecule has 1 N–H and O–H groups in total. The summed E-state index contributed by atoms with van der Waals surface area (Å²) in [4.78, 5) is 33.4. The Morgan fingerprint density at radius 1 is 1.18 bits per heavy atom. The molecule has 1 aliphatic rings. The number of para-hydroxylation sites is 1. The monoisotopic (exact) mass is 479 g/mol. The van der Waals surface area contributed by atoms with E-state index in [0.717, 1.165) is 41.6 Å². The lowest BCUT2D eigenvalue weighted by Gasteiger charge is -2.14. The number of carbonyl (C=O) groups is 1. The van der Waals surface area contributed by atoms with Gasteiger partial charge >= 0.3 is 0 Å². The van der Waals surface area contributed by atoms with Crippen molar-refractivity contribution >= 4 is 45.0 Å². The van der Waals surface area contributed by atoms with Crippen LogP contribution in [0.25, 0.3) is 15.9 Å². The fourth-order valence-electron chi connectivity index (χ4n) is 4.22. The van der Waals surface area contributed by atoms with Crippen LogP contribution in [0.1, 0.15) is 43.2 Å². The number of hydrogen-bond acceptors (Lipinski definition) is 6. The van der Waals surface area contributed by atoms with Crippen molar-refractivity contribution in [2.45, 2.75) is 50.7 Å². The van der Waals surface area contributed by atoms with Crippen LogP contribution in [0.3, 0.4) is 0 Å². The number of aryl methyl sites for hydroxylation is 2. The summed E-state index contributed by atoms with van der Waals surface area (Å²) in [5.41, 5.74) is 1.87. The maximum atomic E-state index is 13.7. The number of hydrogen-bond donors (Lipinski definition) is 1. The van der Waals surface area contributed by atoms with Crippen molar-refractivity contribution < 1.29 is 4.79 Å². The molecule has 0 bridgehead atoms. The van der Waals surface area contributed by atoms with E-state index in [9.17, 15) is 9.59 Å². The molecule has 1 aliphatic carbocycles. The van der Waals surface area contributed by atoms with Gasteiger partial charge in [-0.25, -0.2) is 9.67 Å². The molecule has 170 valence electrons. The van der Waals surface area contributed by atoms with Crippen LogP contribution in [0, 0.1) is 0 Å². The van der Waals surface area contributed by atoms with Gasteiger partial charge < -0.3 is 5.32 Å². The number of nitrogens with one attached hydrogen (secondary N) is 1. The molecule has 0 saturated carbocycles. The van der Waals surface area contributed by atoms with Crippen LogP contribution < -0.4 is 10.9 Å². The van der Waals surface area contributed by atoms with Gasteiger partial charge in [-0.15, -0.1) is 11.3 Å². The molecule has 0 spiro atoms. The van der Waals surface area contributed by atoms with Crippen molar-refractivity contribution in [2.24, 2.45) is 0 Å². The van der Waals surface area contributed by atoms with Crippen molar-refractivity contribution in [3.05, 3.63) is 63.4 Å². The van der Waals surface area contributed by atoms with Gasteiger partial charge in [0.05, 0.1) is 23.0 Å². The molecule has 0 unspecified atom stereocenters. The Hall–Kier alpha value is -2.91. The molecule has 33 heavy (non-hydrogen) atoms. The predicted molar refractivity (Wildman–Crippen MR) is 134 cm³/mol. The number of amides is 1. The third kappa shape index (κ3) is 4.22. The number of aromatic nitrogens is 4. The number of thioether (sulfide) groups is 1. The topological polar surface area (TPSA) is 81.8 Å². The zero-order valence-electron chi connectivity index (χ0n) is 18.6. The van der Waals surface area contributed by atoms with Crippen LogP contribution in [-0.4, -0.2) is 31.0 Å². The number of carbonyl (C=O) groups excluding carboxylic acids is 1. The van der Waals surface area contributed by atoms with E-state index < -0.39 is 0 Å². The van der Waals surface area contributed by atoms with E-state index in [4.69, 9.17) is 4.98 Å². The maximum Gasteiger partial charge on any atom is 0.267 e. The Balaban J connectivity index is 1.50. The highest BCUT2D eigenvalue weighted by atomic mass is 32.2. The van der Waals surface area contributed by atoms with Gasteiger partial charge in [-0.1, -0.05) is 30.0 Å². The first-order chi connectivity index (χ1) is 16.0. The number of rotatable bonds is 6. The van der Waals surface area contributed by atoms with E-state index in [1.807, 2.05) is 44.2 Å². The highest BCUT2D eigenvalue weighted by Crippen LogP contribution is 2.35. The molecular formula is C24H25N5O2S2. The molecule has 9 heteroatoms. The van der Waals surface area contributed by atoms with Crippen LogP contribution in [0.4, 0.5) is 5.82 Å². The van der Waals surface area contributed by atoms with Crippen molar-refractivity contribution in [3.63, 3.8) is 0 Å². The van der Waals surface area contributed by atoms with E-state index in [1.54, 1.807) is 32.8 Å². The number of fused-ring (bicyclic) bond motifs is 3. The summed E-state index contributed by atoms with van der Waals surface area (Å²) in [6.07, 6.45) is 5.87. The normalized spacial score (nSPS) is 13.4. The highest BCUT2D eigenvalue weighted by Gasteiger charge is 2.23. The Kier molecular flexibility index (Phi) is 6.07. The van der Waals surface area contributed by atoms with Crippen LogP contribution >= 0.6 is 23.1 Å². The maximum absolute atomic E-state index is 13.7. The van der Waals surface area contributed by atoms with Crippen LogP contribution in [-0.2, 0) is 17.6 Å². The molecule has 0 atom stereocenters. The quantitative estimate of drug-likeness (QED) is 0.316. The number of anilines is 1. The molecule has 0 saturated heterocycles. The van der Waals surface area contributed by atoms with Crippen molar-refractivity contribution in [1.29, 1.82) is 0 Å². The summed E-state index contributed by atoms with van der Waals surface area (Å²) in [7, 11) is 0. The molecule has 4 aromatic rings. The largest absolute Gasteiger partial charge is 0.310 e. The van der Waals surface area contributed by atoms with E-state index in [0.29, 0.717) is 11.0 Å². The minimum absolute atomic E-state index is 0.0496. The average molecular weight is 480 g/mol. The summed E-state index contributed by atoms with van der Waals surface area (Å²) in [5, 5.41) is 8.45. The lowest BCUT2D eigenvalue weighted by Crippen LogP contribution is -2.23. The fraction of sp³-hybridized carbons (Fsp3) is 0.333. The zero-order valence-corrected chi connectivity index (χ0v) is 20.2. The smallest absolute Gasteiger partial charge is 0.267 e. The van der Waals surface area contributed by atoms with Gasteiger partial charge in [0, 0.05) is 17.0 Å². The van der Waals surface area contributed by atoms with Crippen LogP contribution in [0.5, 0.6) is 0 Å². The molecule has 7 nitrogen and oxygen atoms in total. The SMILES string of the molecule is CC(C)n1nccc1NC(=O)CSc1nc2sc3c(c2c(=O)n1-c1ccccc1)CCCC3. The molecular weight excluding hydrogens is 454 g/mol. The highest BCUT2D eigenvalue weighted by molar-refractivity contribution is 7.99. The summed E-state index contributed by atoms with van der Waals surface area (Å²) >= 11 is 2.90. The van der Waals surface area contributed by atoms with E-state index in [2.05, 4.69) is 10.4 Å². The van der Waals surface area contributed by atoms with E-state index in [-0.39, 0.29) is 23.3 Å². The molecule has 0 radical (unpaired) electrons. The Morgan fingerprint density at radius 2 is 1.97 bits per heavy atom. The van der Waals surface area contributed by atoms with Gasteiger partial charge in [0.2, 0.25) is 5.91 Å². The molecule has 0 fully saturated rings. The lowest BCUT2D eigenvalue weighted by atomic mass is 9.97. The third-order valence-electron chi connectivity index (χ3n) is 5.73. The fourth-order valence-corrected chi connectivity index (χ4v) is 6.34. The molecule has 5 rings (SSSR count). The minimum atomic E-state index is -0.165. The summed E-state index contributed by atoms with van der Waals surface area (Å²) in [5.74, 6) is 0.631. The van der Waals surface area contributed by atoms with Gasteiger partial charge in [0.1, 0.15) is 10.6 Å². The molecule has 3 aromatic heterocycles. The molecule has 1 amide bonds. The predicted octanol–water partition coefficient (Wildman–Crippen LogP) is 4.83. The van der Waals surface area contributed by atoms with E-state index in [1.165, 1.54) is 22.2 Å². The molecule has 3 heterocycles. The number of thiophene rings is 1. The van der Waals surface area contributed by atoms with Gasteiger partial charge in [0.25, 0.3) is 5.56 Å². The average Bonchev–Trinajstić information content (AvgIpc) is 3.42. The van der Waals surface area contributed by atoms with Crippen LogP contribution in [0.15, 0.2) is 52.5 Å². The Morgan fingerprint density at radius 3 is 2.76 bits per heavy atom. The number of nitrogens with zero attached hydrogens (tertiary/aromatic N) is 4. The third-order valence-corrected chi connectivity index (χ3v) is 7.86. The van der Waals surface area contributed by atoms with Gasteiger partial charge in [-0.3, -0.25) is 14.2 Å². The zero-order chi connectivity index (χ0) is 22.9. The van der Waals surface area contributed by atoms with Crippen molar-refractivity contribution in [1.82, 2.24) is 19.3 Å². The summed E-state index contributed by atoms with van der Waals surface area (Å²) in [6, 6.07) is 11.5. The second kappa shape index (κ2) is 9.15. The first-order valence-corrected chi connectivity index (χ1v) is 12.9. The number of benzene rings is 1.